The lowest BCUT2D eigenvalue weighted by Gasteiger charge is -2.23. The van der Waals surface area contributed by atoms with Crippen LogP contribution in [0.25, 0.3) is 0 Å². The Labute approximate surface area is 173 Å². The van der Waals surface area contributed by atoms with Crippen molar-refractivity contribution < 1.29 is 29.4 Å². The Hall–Kier alpha value is -2.79. The summed E-state index contributed by atoms with van der Waals surface area (Å²) in [5, 5.41) is 25.5. The maximum atomic E-state index is 12.7. The van der Waals surface area contributed by atoms with Crippen molar-refractivity contribution in [2.75, 3.05) is 5.75 Å². The van der Waals surface area contributed by atoms with Crippen molar-refractivity contribution in [3.8, 4) is 5.75 Å². The molecule has 0 fully saturated rings. The number of carbonyl (C=O) groups is 4. The second-order valence-corrected chi connectivity index (χ2v) is 6.88. The highest BCUT2D eigenvalue weighted by molar-refractivity contribution is 7.80. The number of thiol groups is 1. The number of aromatic hydroxyl groups is 1. The van der Waals surface area contributed by atoms with Crippen LogP contribution >= 0.6 is 12.6 Å². The van der Waals surface area contributed by atoms with Gasteiger partial charge in [-0.2, -0.15) is 12.6 Å². The van der Waals surface area contributed by atoms with E-state index in [1.54, 1.807) is 12.1 Å². The molecule has 160 valence electrons. The summed E-state index contributed by atoms with van der Waals surface area (Å²) in [5.74, 6) is -3.01. The predicted molar refractivity (Wildman–Crippen MR) is 108 cm³/mol. The molecule has 0 bridgehead atoms. The number of nitrogens with two attached hydrogens (primary N) is 1. The Balaban J connectivity index is 2.88. The van der Waals surface area contributed by atoms with Crippen molar-refractivity contribution in [2.24, 2.45) is 5.73 Å². The van der Waals surface area contributed by atoms with E-state index < -0.39 is 47.9 Å². The number of amides is 3. The lowest BCUT2D eigenvalue weighted by atomic mass is 10.0. The molecule has 1 rings (SSSR count). The van der Waals surface area contributed by atoms with Crippen LogP contribution in [0.15, 0.2) is 24.3 Å². The molecule has 29 heavy (non-hydrogen) atoms. The molecule has 0 aliphatic rings. The normalized spacial score (nSPS) is 14.8. The highest BCUT2D eigenvalue weighted by Crippen LogP contribution is 2.11. The number of carboxylic acid groups (broad SMARTS) is 1. The third kappa shape index (κ3) is 8.00. The van der Waals surface area contributed by atoms with E-state index in [4.69, 9.17) is 10.8 Å². The molecule has 4 atom stereocenters. The number of benzene rings is 1. The van der Waals surface area contributed by atoms with E-state index in [0.717, 1.165) is 0 Å². The maximum Gasteiger partial charge on any atom is 0.325 e. The van der Waals surface area contributed by atoms with E-state index in [0.29, 0.717) is 5.56 Å². The van der Waals surface area contributed by atoms with Crippen molar-refractivity contribution in [1.29, 1.82) is 0 Å². The molecule has 0 aromatic heterocycles. The fraction of sp³-hybridized carbons (Fsp3) is 0.444. The van der Waals surface area contributed by atoms with E-state index in [2.05, 4.69) is 28.6 Å². The summed E-state index contributed by atoms with van der Waals surface area (Å²) in [5.41, 5.74) is 6.29. The molecule has 0 aliphatic carbocycles. The maximum absolute atomic E-state index is 12.7. The molecule has 0 saturated heterocycles. The standard InChI is InChI=1S/C18H26N4O6S/c1-9(15(24)21-10(2)18(27)28)20-17(26)14(22-16(25)13(19)8-29)7-11-3-5-12(23)6-4-11/h3-6,9-10,13-14,23,29H,7-8,19H2,1-2H3,(H,20,26)(H,21,24)(H,22,25)(H,27,28). The van der Waals surface area contributed by atoms with Gasteiger partial charge in [0.15, 0.2) is 0 Å². The van der Waals surface area contributed by atoms with Crippen LogP contribution < -0.4 is 21.7 Å². The number of carbonyl (C=O) groups excluding carboxylic acids is 3. The first-order chi connectivity index (χ1) is 13.5. The average Bonchev–Trinajstić information content (AvgIpc) is 2.67. The van der Waals surface area contributed by atoms with Crippen LogP contribution in [0.1, 0.15) is 19.4 Å². The molecule has 11 heteroatoms. The zero-order valence-corrected chi connectivity index (χ0v) is 17.0. The summed E-state index contributed by atoms with van der Waals surface area (Å²) in [6, 6.07) is 1.92. The lowest BCUT2D eigenvalue weighted by Crippen LogP contribution is -2.56. The van der Waals surface area contributed by atoms with Crippen LogP contribution in [0, 0.1) is 0 Å². The number of nitrogens with one attached hydrogen (secondary N) is 3. The van der Waals surface area contributed by atoms with Crippen LogP contribution in [0.3, 0.4) is 0 Å². The number of hydrogen-bond donors (Lipinski definition) is 7. The van der Waals surface area contributed by atoms with Crippen molar-refractivity contribution >= 4 is 36.3 Å². The van der Waals surface area contributed by atoms with Crippen molar-refractivity contribution in [1.82, 2.24) is 16.0 Å². The van der Waals surface area contributed by atoms with E-state index in [1.807, 2.05) is 0 Å². The van der Waals surface area contributed by atoms with Gasteiger partial charge in [0.1, 0.15) is 23.9 Å². The minimum Gasteiger partial charge on any atom is -0.508 e. The number of phenolic OH excluding ortho intramolecular Hbond substituents is 1. The second-order valence-electron chi connectivity index (χ2n) is 6.52. The highest BCUT2D eigenvalue weighted by Gasteiger charge is 2.27. The summed E-state index contributed by atoms with van der Waals surface area (Å²) < 4.78 is 0. The van der Waals surface area contributed by atoms with Gasteiger partial charge >= 0.3 is 5.97 Å². The Bertz CT molecular complexity index is 742. The number of aliphatic carboxylic acids is 1. The Morgan fingerprint density at radius 3 is 2.03 bits per heavy atom. The van der Waals surface area contributed by atoms with Crippen molar-refractivity contribution in [3.63, 3.8) is 0 Å². The summed E-state index contributed by atoms with van der Waals surface area (Å²) in [6.07, 6.45) is 0.0804. The molecule has 0 saturated carbocycles. The van der Waals surface area contributed by atoms with E-state index >= 15 is 0 Å². The molecule has 7 N–H and O–H groups in total. The van der Waals surface area contributed by atoms with Gasteiger partial charge in [0.25, 0.3) is 0 Å². The lowest BCUT2D eigenvalue weighted by molar-refractivity contribution is -0.141. The van der Waals surface area contributed by atoms with Gasteiger partial charge in [0.05, 0.1) is 6.04 Å². The molecule has 0 heterocycles. The fourth-order valence-corrected chi connectivity index (χ4v) is 2.38. The molecular weight excluding hydrogens is 400 g/mol. The number of hydrogen-bond acceptors (Lipinski definition) is 7. The first-order valence-corrected chi connectivity index (χ1v) is 9.46. The SMILES string of the molecule is CC(NC(=O)C(C)NC(=O)C(Cc1ccc(O)cc1)NC(=O)C(N)CS)C(=O)O. The number of carboxylic acids is 1. The van der Waals surface area contributed by atoms with E-state index in [-0.39, 0.29) is 17.9 Å². The minimum absolute atomic E-state index is 0.0497. The largest absolute Gasteiger partial charge is 0.508 e. The molecule has 10 nitrogen and oxygen atoms in total. The molecular formula is C18H26N4O6S. The van der Waals surface area contributed by atoms with Gasteiger partial charge in [-0.15, -0.1) is 0 Å². The zero-order chi connectivity index (χ0) is 22.1. The topological polar surface area (TPSA) is 171 Å². The van der Waals surface area contributed by atoms with Gasteiger partial charge in [-0.05, 0) is 31.5 Å². The molecule has 1 aromatic rings. The van der Waals surface area contributed by atoms with Gasteiger partial charge in [-0.3, -0.25) is 19.2 Å². The molecule has 0 spiro atoms. The monoisotopic (exact) mass is 426 g/mol. The molecule has 4 unspecified atom stereocenters. The molecule has 3 amide bonds. The molecule has 0 aliphatic heterocycles. The van der Waals surface area contributed by atoms with Gasteiger partial charge in [-0.1, -0.05) is 12.1 Å². The third-order valence-electron chi connectivity index (χ3n) is 4.02. The van der Waals surface area contributed by atoms with Crippen molar-refractivity contribution in [3.05, 3.63) is 29.8 Å². The summed E-state index contributed by atoms with van der Waals surface area (Å²) >= 11 is 3.96. The Morgan fingerprint density at radius 1 is 0.966 bits per heavy atom. The third-order valence-corrected chi connectivity index (χ3v) is 4.42. The highest BCUT2D eigenvalue weighted by atomic mass is 32.1. The van der Waals surface area contributed by atoms with Gasteiger partial charge in [-0.25, -0.2) is 0 Å². The smallest absolute Gasteiger partial charge is 0.325 e. The Kier molecular flexibility index (Phi) is 9.42. The molecule has 0 radical (unpaired) electrons. The quantitative estimate of drug-likeness (QED) is 0.230. The summed E-state index contributed by atoms with van der Waals surface area (Å²) in [6.45, 7) is 2.68. The average molecular weight is 426 g/mol. The van der Waals surface area contributed by atoms with E-state index in [9.17, 15) is 24.3 Å². The predicted octanol–water partition coefficient (Wildman–Crippen LogP) is -1.23. The minimum atomic E-state index is -1.21. The second kappa shape index (κ2) is 11.3. The van der Waals surface area contributed by atoms with Gasteiger partial charge < -0.3 is 31.9 Å². The first kappa shape index (κ1) is 24.2. The summed E-state index contributed by atoms with van der Waals surface area (Å²) in [4.78, 5) is 47.7. The summed E-state index contributed by atoms with van der Waals surface area (Å²) in [7, 11) is 0. The first-order valence-electron chi connectivity index (χ1n) is 8.83. The van der Waals surface area contributed by atoms with E-state index in [1.165, 1.54) is 26.0 Å². The molecule has 1 aromatic carbocycles. The number of rotatable bonds is 10. The number of phenols is 1. The van der Waals surface area contributed by atoms with Crippen molar-refractivity contribution in [2.45, 2.75) is 44.4 Å². The van der Waals surface area contributed by atoms with Gasteiger partial charge in [0.2, 0.25) is 17.7 Å². The van der Waals surface area contributed by atoms with Crippen LogP contribution in [0.5, 0.6) is 5.75 Å². The fourth-order valence-electron chi connectivity index (χ4n) is 2.22. The Morgan fingerprint density at radius 2 is 1.52 bits per heavy atom. The van der Waals surface area contributed by atoms with Crippen LogP contribution in [0.4, 0.5) is 0 Å². The van der Waals surface area contributed by atoms with Crippen LogP contribution in [-0.2, 0) is 25.6 Å². The zero-order valence-electron chi connectivity index (χ0n) is 16.1. The van der Waals surface area contributed by atoms with Gasteiger partial charge in [0, 0.05) is 12.2 Å². The van der Waals surface area contributed by atoms with Crippen LogP contribution in [0.2, 0.25) is 0 Å². The van der Waals surface area contributed by atoms with Crippen LogP contribution in [-0.4, -0.2) is 63.8 Å².